The molecule has 0 rings (SSSR count). The molecule has 0 bridgehead atoms. The van der Waals surface area contributed by atoms with Crippen LogP contribution in [-0.4, -0.2) is 13.1 Å². The van der Waals surface area contributed by atoms with Crippen LogP contribution in [0.4, 0.5) is 0 Å². The average molecular weight is 199 g/mol. The van der Waals surface area contributed by atoms with Gasteiger partial charge in [0.2, 0.25) is 0 Å². The topological polar surface area (TPSA) is 12.0 Å². The largest absolute Gasteiger partial charge is 0.316 e. The molecule has 0 aromatic carbocycles. The van der Waals surface area contributed by atoms with Gasteiger partial charge in [0.1, 0.15) is 0 Å². The summed E-state index contributed by atoms with van der Waals surface area (Å²) in [6.45, 7) is 13.9. The average Bonchev–Trinajstić information content (AvgIpc) is 2.13. The lowest BCUT2D eigenvalue weighted by molar-refractivity contribution is 0.321. The lowest BCUT2D eigenvalue weighted by atomic mass is 9.90. The third-order valence-electron chi connectivity index (χ3n) is 3.16. The van der Waals surface area contributed by atoms with Gasteiger partial charge in [-0.25, -0.2) is 0 Å². The quantitative estimate of drug-likeness (QED) is 0.586. The molecule has 0 aromatic rings. The summed E-state index contributed by atoms with van der Waals surface area (Å²) in [5, 5.41) is 3.57. The van der Waals surface area contributed by atoms with Gasteiger partial charge in [-0.3, -0.25) is 0 Å². The van der Waals surface area contributed by atoms with Crippen molar-refractivity contribution in [2.45, 2.75) is 60.3 Å². The van der Waals surface area contributed by atoms with Gasteiger partial charge in [0.25, 0.3) is 0 Å². The molecule has 0 spiro atoms. The molecule has 0 saturated heterocycles. The summed E-state index contributed by atoms with van der Waals surface area (Å²) < 4.78 is 0. The number of rotatable bonds is 8. The molecule has 0 amide bonds. The lowest BCUT2D eigenvalue weighted by Gasteiger charge is -2.23. The summed E-state index contributed by atoms with van der Waals surface area (Å²) in [6, 6.07) is 0. The summed E-state index contributed by atoms with van der Waals surface area (Å²) in [5.41, 5.74) is 0.466. The molecule has 86 valence electrons. The summed E-state index contributed by atoms with van der Waals surface area (Å²) in [6.07, 6.45) is 5.28. The Kier molecular flexibility index (Phi) is 7.26. The highest BCUT2D eigenvalue weighted by atomic mass is 14.9. The van der Waals surface area contributed by atoms with Crippen LogP contribution in [0.1, 0.15) is 60.3 Å². The normalized spacial score (nSPS) is 14.4. The van der Waals surface area contributed by atoms with Gasteiger partial charge in [-0.1, -0.05) is 47.5 Å². The summed E-state index contributed by atoms with van der Waals surface area (Å²) in [7, 11) is 0. The van der Waals surface area contributed by atoms with E-state index < -0.39 is 0 Å². The van der Waals surface area contributed by atoms with E-state index in [1.54, 1.807) is 0 Å². The monoisotopic (exact) mass is 199 g/mol. The fourth-order valence-corrected chi connectivity index (χ4v) is 1.54. The van der Waals surface area contributed by atoms with Gasteiger partial charge in [-0.15, -0.1) is 0 Å². The zero-order chi connectivity index (χ0) is 11.0. The minimum atomic E-state index is 0.466. The van der Waals surface area contributed by atoms with Gasteiger partial charge in [-0.2, -0.15) is 0 Å². The maximum atomic E-state index is 3.57. The third kappa shape index (κ3) is 7.37. The Hall–Kier alpha value is -0.0400. The highest BCUT2D eigenvalue weighted by Crippen LogP contribution is 2.17. The molecule has 0 aromatic heterocycles. The van der Waals surface area contributed by atoms with Gasteiger partial charge in [0.15, 0.2) is 0 Å². The molecule has 1 unspecified atom stereocenters. The van der Waals surface area contributed by atoms with E-state index in [0.29, 0.717) is 5.41 Å². The molecular weight excluding hydrogens is 170 g/mol. The molecule has 0 fully saturated rings. The molecule has 14 heavy (non-hydrogen) atoms. The zero-order valence-corrected chi connectivity index (χ0v) is 10.8. The van der Waals surface area contributed by atoms with E-state index in [1.807, 2.05) is 0 Å². The molecule has 1 atom stereocenters. The van der Waals surface area contributed by atoms with Crippen LogP contribution < -0.4 is 5.32 Å². The van der Waals surface area contributed by atoms with Crippen molar-refractivity contribution in [1.82, 2.24) is 5.32 Å². The van der Waals surface area contributed by atoms with Crippen LogP contribution in [0, 0.1) is 11.3 Å². The van der Waals surface area contributed by atoms with Crippen LogP contribution in [0.2, 0.25) is 0 Å². The second-order valence-corrected chi connectivity index (χ2v) is 5.38. The maximum Gasteiger partial charge on any atom is 0.000242 e. The smallest absolute Gasteiger partial charge is 0.000242 e. The minimum absolute atomic E-state index is 0.466. The lowest BCUT2D eigenvalue weighted by Crippen LogP contribution is -2.30. The molecule has 0 aliphatic heterocycles. The summed E-state index contributed by atoms with van der Waals surface area (Å²) in [4.78, 5) is 0. The van der Waals surface area contributed by atoms with Gasteiger partial charge >= 0.3 is 0 Å². The van der Waals surface area contributed by atoms with E-state index in [2.05, 4.69) is 39.9 Å². The van der Waals surface area contributed by atoms with E-state index in [1.165, 1.54) is 32.2 Å². The van der Waals surface area contributed by atoms with E-state index in [-0.39, 0.29) is 0 Å². The number of hydrogen-bond acceptors (Lipinski definition) is 1. The number of hydrogen-bond donors (Lipinski definition) is 1. The summed E-state index contributed by atoms with van der Waals surface area (Å²) in [5.74, 6) is 0.886. The minimum Gasteiger partial charge on any atom is -0.316 e. The predicted molar refractivity (Wildman–Crippen MR) is 65.6 cm³/mol. The third-order valence-corrected chi connectivity index (χ3v) is 3.16. The first-order chi connectivity index (χ1) is 6.52. The molecule has 0 heterocycles. The van der Waals surface area contributed by atoms with Crippen molar-refractivity contribution >= 4 is 0 Å². The molecule has 0 aliphatic carbocycles. The first kappa shape index (κ1) is 14.0. The molecule has 0 aliphatic rings. The Morgan fingerprint density at radius 2 is 1.79 bits per heavy atom. The van der Waals surface area contributed by atoms with Gasteiger partial charge in [0, 0.05) is 6.54 Å². The first-order valence-corrected chi connectivity index (χ1v) is 6.22. The second-order valence-electron chi connectivity index (χ2n) is 5.38. The second kappa shape index (κ2) is 7.28. The van der Waals surface area contributed by atoms with Crippen molar-refractivity contribution in [2.24, 2.45) is 11.3 Å². The van der Waals surface area contributed by atoms with Crippen molar-refractivity contribution in [3.63, 3.8) is 0 Å². The molecule has 0 radical (unpaired) electrons. The Morgan fingerprint density at radius 3 is 2.29 bits per heavy atom. The Balaban J connectivity index is 3.37. The van der Waals surface area contributed by atoms with Crippen LogP contribution >= 0.6 is 0 Å². The van der Waals surface area contributed by atoms with E-state index >= 15 is 0 Å². The highest BCUT2D eigenvalue weighted by molar-refractivity contribution is 4.69. The van der Waals surface area contributed by atoms with Crippen molar-refractivity contribution in [3.05, 3.63) is 0 Å². The van der Waals surface area contributed by atoms with Crippen LogP contribution in [-0.2, 0) is 0 Å². The van der Waals surface area contributed by atoms with Gasteiger partial charge in [0.05, 0.1) is 0 Å². The standard InChI is InChI=1S/C13H29N/c1-6-8-12(3)9-10-14-11-13(4,5)7-2/h12,14H,6-11H2,1-5H3. The molecule has 0 saturated carbocycles. The van der Waals surface area contributed by atoms with Gasteiger partial charge in [-0.05, 0) is 30.7 Å². The fourth-order valence-electron chi connectivity index (χ4n) is 1.54. The van der Waals surface area contributed by atoms with Crippen LogP contribution in [0.3, 0.4) is 0 Å². The molecule has 1 N–H and O–H groups in total. The fraction of sp³-hybridized carbons (Fsp3) is 1.00. The molecule has 1 nitrogen and oxygen atoms in total. The van der Waals surface area contributed by atoms with Crippen molar-refractivity contribution in [1.29, 1.82) is 0 Å². The van der Waals surface area contributed by atoms with Crippen molar-refractivity contribution in [3.8, 4) is 0 Å². The van der Waals surface area contributed by atoms with Gasteiger partial charge < -0.3 is 5.32 Å². The first-order valence-electron chi connectivity index (χ1n) is 6.22. The van der Waals surface area contributed by atoms with Crippen LogP contribution in [0.5, 0.6) is 0 Å². The van der Waals surface area contributed by atoms with E-state index in [9.17, 15) is 0 Å². The Bertz CT molecular complexity index is 129. The highest BCUT2D eigenvalue weighted by Gasteiger charge is 2.13. The SMILES string of the molecule is CCCC(C)CCNCC(C)(C)CC. The van der Waals surface area contributed by atoms with Crippen molar-refractivity contribution < 1.29 is 0 Å². The zero-order valence-electron chi connectivity index (χ0n) is 10.8. The molecular formula is C13H29N. The van der Waals surface area contributed by atoms with Crippen LogP contribution in [0.25, 0.3) is 0 Å². The summed E-state index contributed by atoms with van der Waals surface area (Å²) >= 11 is 0. The number of nitrogens with one attached hydrogen (secondary N) is 1. The molecule has 1 heteroatoms. The van der Waals surface area contributed by atoms with Crippen LogP contribution in [0.15, 0.2) is 0 Å². The predicted octanol–water partition coefficient (Wildman–Crippen LogP) is 3.84. The Labute approximate surface area is 90.7 Å². The maximum absolute atomic E-state index is 3.57. The Morgan fingerprint density at radius 1 is 1.14 bits per heavy atom. The van der Waals surface area contributed by atoms with E-state index in [4.69, 9.17) is 0 Å². The van der Waals surface area contributed by atoms with Crippen molar-refractivity contribution in [2.75, 3.05) is 13.1 Å². The van der Waals surface area contributed by atoms with E-state index in [0.717, 1.165) is 12.5 Å².